The molecule has 0 saturated carbocycles. The van der Waals surface area contributed by atoms with Crippen molar-refractivity contribution in [2.45, 2.75) is 6.92 Å². The summed E-state index contributed by atoms with van der Waals surface area (Å²) >= 11 is 6.98. The number of para-hydroxylation sites is 1. The number of anilines is 1. The van der Waals surface area contributed by atoms with Crippen LogP contribution in [0.3, 0.4) is 0 Å². The second-order valence-electron chi connectivity index (χ2n) is 5.33. The van der Waals surface area contributed by atoms with Crippen LogP contribution in [0, 0.1) is 0 Å². The van der Waals surface area contributed by atoms with Crippen molar-refractivity contribution in [1.82, 2.24) is 10.3 Å². The SMILES string of the molecule is C=C(C)CNC(=S)Nc1cccc(-c2nc3ccccc3s2)c1. The van der Waals surface area contributed by atoms with Gasteiger partial charge in [-0.3, -0.25) is 0 Å². The monoisotopic (exact) mass is 339 g/mol. The Morgan fingerprint density at radius 2 is 2.04 bits per heavy atom. The normalized spacial score (nSPS) is 10.5. The van der Waals surface area contributed by atoms with Crippen LogP contribution >= 0.6 is 23.6 Å². The van der Waals surface area contributed by atoms with Crippen LogP contribution in [0.15, 0.2) is 60.7 Å². The fourth-order valence-electron chi connectivity index (χ4n) is 2.13. The van der Waals surface area contributed by atoms with Gasteiger partial charge in [-0.2, -0.15) is 0 Å². The molecule has 2 aromatic carbocycles. The van der Waals surface area contributed by atoms with E-state index in [1.54, 1.807) is 11.3 Å². The average molecular weight is 339 g/mol. The third kappa shape index (κ3) is 3.94. The van der Waals surface area contributed by atoms with Crippen LogP contribution in [-0.4, -0.2) is 16.6 Å². The maximum Gasteiger partial charge on any atom is 0.171 e. The molecule has 2 N–H and O–H groups in total. The van der Waals surface area contributed by atoms with Crippen molar-refractivity contribution in [3.63, 3.8) is 0 Å². The van der Waals surface area contributed by atoms with Gasteiger partial charge in [0.25, 0.3) is 0 Å². The molecule has 3 rings (SSSR count). The summed E-state index contributed by atoms with van der Waals surface area (Å²) in [6.07, 6.45) is 0. The molecule has 0 bridgehead atoms. The number of benzene rings is 2. The first kappa shape index (κ1) is 15.6. The van der Waals surface area contributed by atoms with Crippen LogP contribution in [0.5, 0.6) is 0 Å². The summed E-state index contributed by atoms with van der Waals surface area (Å²) in [6, 6.07) is 16.3. The Kier molecular flexibility index (Phi) is 4.69. The Hall–Kier alpha value is -2.24. The number of nitrogens with one attached hydrogen (secondary N) is 2. The van der Waals surface area contributed by atoms with Gasteiger partial charge in [0.1, 0.15) is 5.01 Å². The van der Waals surface area contributed by atoms with Crippen LogP contribution in [0.1, 0.15) is 6.92 Å². The van der Waals surface area contributed by atoms with E-state index >= 15 is 0 Å². The first-order valence-electron chi connectivity index (χ1n) is 7.27. The van der Waals surface area contributed by atoms with Crippen LogP contribution in [-0.2, 0) is 0 Å². The number of hydrogen-bond donors (Lipinski definition) is 2. The largest absolute Gasteiger partial charge is 0.359 e. The van der Waals surface area contributed by atoms with Crippen molar-refractivity contribution >= 4 is 44.6 Å². The quantitative estimate of drug-likeness (QED) is 0.527. The van der Waals surface area contributed by atoms with E-state index in [1.165, 1.54) is 4.70 Å². The van der Waals surface area contributed by atoms with Gasteiger partial charge in [-0.15, -0.1) is 11.3 Å². The van der Waals surface area contributed by atoms with Gasteiger partial charge in [-0.25, -0.2) is 4.98 Å². The van der Waals surface area contributed by atoms with E-state index in [2.05, 4.69) is 35.4 Å². The van der Waals surface area contributed by atoms with Crippen LogP contribution in [0.2, 0.25) is 0 Å². The highest BCUT2D eigenvalue weighted by Gasteiger charge is 2.07. The maximum absolute atomic E-state index is 5.29. The van der Waals surface area contributed by atoms with E-state index in [0.29, 0.717) is 11.7 Å². The second kappa shape index (κ2) is 6.89. The van der Waals surface area contributed by atoms with Crippen molar-refractivity contribution in [3.05, 3.63) is 60.7 Å². The number of thiazole rings is 1. The first-order valence-corrected chi connectivity index (χ1v) is 8.49. The molecule has 0 aliphatic carbocycles. The van der Waals surface area contributed by atoms with Gasteiger partial charge in [-0.05, 0) is 43.4 Å². The van der Waals surface area contributed by atoms with Crippen LogP contribution in [0.25, 0.3) is 20.8 Å². The fourth-order valence-corrected chi connectivity index (χ4v) is 3.28. The zero-order valence-corrected chi connectivity index (χ0v) is 14.4. The average Bonchev–Trinajstić information content (AvgIpc) is 2.97. The standard InChI is InChI=1S/C18H17N3S2/c1-12(2)11-19-18(22)20-14-7-5-6-13(10-14)17-21-15-8-3-4-9-16(15)23-17/h3-10H,1,11H2,2H3,(H2,19,20,22). The third-order valence-corrected chi connectivity index (χ3v) is 4.54. The maximum atomic E-state index is 5.29. The summed E-state index contributed by atoms with van der Waals surface area (Å²) in [4.78, 5) is 4.69. The van der Waals surface area contributed by atoms with Crippen molar-refractivity contribution in [2.24, 2.45) is 0 Å². The summed E-state index contributed by atoms with van der Waals surface area (Å²) in [5.74, 6) is 0. The Labute approximate surface area is 145 Å². The minimum Gasteiger partial charge on any atom is -0.359 e. The molecular formula is C18H17N3S2. The van der Waals surface area contributed by atoms with Gasteiger partial charge in [-0.1, -0.05) is 36.4 Å². The Morgan fingerprint density at radius 1 is 1.22 bits per heavy atom. The van der Waals surface area contributed by atoms with Gasteiger partial charge in [0.05, 0.1) is 10.2 Å². The molecule has 1 heterocycles. The van der Waals surface area contributed by atoms with E-state index < -0.39 is 0 Å². The summed E-state index contributed by atoms with van der Waals surface area (Å²) < 4.78 is 1.19. The summed E-state index contributed by atoms with van der Waals surface area (Å²) in [7, 11) is 0. The molecular weight excluding hydrogens is 322 g/mol. The van der Waals surface area contributed by atoms with Crippen molar-refractivity contribution in [2.75, 3.05) is 11.9 Å². The van der Waals surface area contributed by atoms with E-state index in [4.69, 9.17) is 17.2 Å². The van der Waals surface area contributed by atoms with E-state index in [0.717, 1.165) is 27.3 Å². The highest BCUT2D eigenvalue weighted by molar-refractivity contribution is 7.80. The predicted molar refractivity (Wildman–Crippen MR) is 104 cm³/mol. The number of hydrogen-bond acceptors (Lipinski definition) is 3. The van der Waals surface area contributed by atoms with Crippen LogP contribution < -0.4 is 10.6 Å². The number of thiocarbonyl (C=S) groups is 1. The zero-order valence-electron chi connectivity index (χ0n) is 12.8. The van der Waals surface area contributed by atoms with E-state index in [-0.39, 0.29) is 0 Å². The van der Waals surface area contributed by atoms with Gasteiger partial charge >= 0.3 is 0 Å². The molecule has 1 aromatic heterocycles. The summed E-state index contributed by atoms with van der Waals surface area (Å²) in [5.41, 5.74) is 4.10. The summed E-state index contributed by atoms with van der Waals surface area (Å²) in [6.45, 7) is 6.48. The third-order valence-electron chi connectivity index (χ3n) is 3.21. The van der Waals surface area contributed by atoms with Crippen molar-refractivity contribution in [1.29, 1.82) is 0 Å². The molecule has 3 nitrogen and oxygen atoms in total. The molecule has 0 atom stereocenters. The zero-order chi connectivity index (χ0) is 16.2. The molecule has 3 aromatic rings. The van der Waals surface area contributed by atoms with Crippen LogP contribution in [0.4, 0.5) is 5.69 Å². The molecule has 0 saturated heterocycles. The van der Waals surface area contributed by atoms with E-state index in [9.17, 15) is 0 Å². The Morgan fingerprint density at radius 3 is 2.83 bits per heavy atom. The minimum absolute atomic E-state index is 0.592. The Balaban J connectivity index is 1.79. The fraction of sp³-hybridized carbons (Fsp3) is 0.111. The number of aromatic nitrogens is 1. The molecule has 5 heteroatoms. The lowest BCUT2D eigenvalue weighted by Crippen LogP contribution is -2.29. The van der Waals surface area contributed by atoms with Gasteiger partial charge in [0, 0.05) is 17.8 Å². The molecule has 23 heavy (non-hydrogen) atoms. The van der Waals surface area contributed by atoms with Gasteiger partial charge in [0.15, 0.2) is 5.11 Å². The van der Waals surface area contributed by atoms with Crippen molar-refractivity contribution < 1.29 is 0 Å². The predicted octanol–water partition coefficient (Wildman–Crippen LogP) is 4.83. The smallest absolute Gasteiger partial charge is 0.171 e. The molecule has 0 aliphatic rings. The lowest BCUT2D eigenvalue weighted by Gasteiger charge is -2.11. The lowest BCUT2D eigenvalue weighted by molar-refractivity contribution is 1.000. The number of nitrogens with zero attached hydrogens (tertiary/aromatic N) is 1. The van der Waals surface area contributed by atoms with E-state index in [1.807, 2.05) is 37.3 Å². The molecule has 116 valence electrons. The molecule has 0 radical (unpaired) electrons. The first-order chi connectivity index (χ1) is 11.1. The van der Waals surface area contributed by atoms with Gasteiger partial charge in [0.2, 0.25) is 0 Å². The molecule has 0 fully saturated rings. The lowest BCUT2D eigenvalue weighted by atomic mass is 10.2. The molecule has 0 amide bonds. The molecule has 0 unspecified atom stereocenters. The van der Waals surface area contributed by atoms with Gasteiger partial charge < -0.3 is 10.6 Å². The highest BCUT2D eigenvalue weighted by Crippen LogP contribution is 2.31. The number of fused-ring (bicyclic) bond motifs is 1. The number of rotatable bonds is 4. The van der Waals surface area contributed by atoms with Crippen molar-refractivity contribution in [3.8, 4) is 10.6 Å². The minimum atomic E-state index is 0.592. The second-order valence-corrected chi connectivity index (χ2v) is 6.77. The highest BCUT2D eigenvalue weighted by atomic mass is 32.1. The summed E-state index contributed by atoms with van der Waals surface area (Å²) in [5, 5.41) is 7.92. The topological polar surface area (TPSA) is 37.0 Å². The Bertz CT molecular complexity index is 834. The molecule has 0 aliphatic heterocycles. The molecule has 0 spiro atoms.